The number of hydrogen-bond donors (Lipinski definition) is 0. The van der Waals surface area contributed by atoms with Crippen LogP contribution >= 0.6 is 23.2 Å². The summed E-state index contributed by atoms with van der Waals surface area (Å²) in [5, 5.41) is 0.740. The largest absolute Gasteiger partial charge is 0.370 e. The number of ether oxygens (including phenoxy) is 1. The second kappa shape index (κ2) is 5.09. The molecule has 1 fully saturated rings. The molecule has 5 heteroatoms. The summed E-state index contributed by atoms with van der Waals surface area (Å²) in [4.78, 5) is 8.56. The lowest BCUT2D eigenvalue weighted by Gasteiger charge is -2.37. The maximum absolute atomic E-state index is 5.93. The third kappa shape index (κ3) is 2.72. The summed E-state index contributed by atoms with van der Waals surface area (Å²) in [5.41, 5.74) is -0.424. The number of nitrogens with zero attached hydrogens (tertiary/aromatic N) is 2. The maximum Gasteiger partial charge on any atom is 0.163 e. The first-order valence-corrected chi connectivity index (χ1v) is 6.57. The van der Waals surface area contributed by atoms with Gasteiger partial charge in [-0.15, -0.1) is 0 Å². The quantitative estimate of drug-likeness (QED) is 0.769. The van der Waals surface area contributed by atoms with Crippen molar-refractivity contribution < 1.29 is 4.74 Å². The van der Waals surface area contributed by atoms with Crippen LogP contribution in [0.3, 0.4) is 0 Å². The molecular formula is C12H16Cl2N2O. The summed E-state index contributed by atoms with van der Waals surface area (Å²) in [7, 11) is 1.70. The highest BCUT2D eigenvalue weighted by Gasteiger charge is 2.39. The van der Waals surface area contributed by atoms with Crippen LogP contribution in [0.5, 0.6) is 0 Å². The minimum absolute atomic E-state index is 0.370. The zero-order chi connectivity index (χ0) is 12.5. The lowest BCUT2D eigenvalue weighted by molar-refractivity contribution is -0.0646. The average Bonchev–Trinajstić information content (AvgIpc) is 2.27. The molecule has 0 bridgehead atoms. The molecule has 1 aromatic rings. The van der Waals surface area contributed by atoms with Crippen LogP contribution in [-0.4, -0.2) is 17.1 Å². The van der Waals surface area contributed by atoms with E-state index in [2.05, 4.69) is 16.9 Å². The van der Waals surface area contributed by atoms with Gasteiger partial charge in [0.1, 0.15) is 15.9 Å². The normalized spacial score (nSPS) is 29.3. The molecule has 1 aliphatic carbocycles. The number of halogens is 2. The van der Waals surface area contributed by atoms with Crippen LogP contribution in [0.15, 0.2) is 6.07 Å². The molecule has 0 spiro atoms. The Morgan fingerprint density at radius 2 is 2.00 bits per heavy atom. The Balaban J connectivity index is 2.39. The molecule has 2 unspecified atom stereocenters. The average molecular weight is 275 g/mol. The predicted molar refractivity (Wildman–Crippen MR) is 68.4 cm³/mol. The van der Waals surface area contributed by atoms with Gasteiger partial charge in [0.2, 0.25) is 0 Å². The van der Waals surface area contributed by atoms with Crippen molar-refractivity contribution in [3.05, 3.63) is 22.2 Å². The number of aromatic nitrogens is 2. The molecule has 0 aliphatic heterocycles. The van der Waals surface area contributed by atoms with Crippen molar-refractivity contribution in [3.63, 3.8) is 0 Å². The second-order valence-corrected chi connectivity index (χ2v) is 5.51. The Morgan fingerprint density at radius 1 is 1.35 bits per heavy atom. The van der Waals surface area contributed by atoms with E-state index in [-0.39, 0.29) is 0 Å². The van der Waals surface area contributed by atoms with Gasteiger partial charge in [0.05, 0.1) is 0 Å². The van der Waals surface area contributed by atoms with Crippen molar-refractivity contribution in [1.29, 1.82) is 0 Å². The van der Waals surface area contributed by atoms with Gasteiger partial charge >= 0.3 is 0 Å². The first-order valence-electron chi connectivity index (χ1n) is 5.81. The van der Waals surface area contributed by atoms with Gasteiger partial charge < -0.3 is 4.74 Å². The predicted octanol–water partition coefficient (Wildman–Crippen LogP) is 3.84. The molecule has 0 radical (unpaired) electrons. The third-order valence-electron chi connectivity index (χ3n) is 3.42. The van der Waals surface area contributed by atoms with Crippen LogP contribution in [0.4, 0.5) is 0 Å². The first-order chi connectivity index (χ1) is 8.05. The van der Waals surface area contributed by atoms with Gasteiger partial charge in [-0.2, -0.15) is 0 Å². The lowest BCUT2D eigenvalue weighted by atomic mass is 9.78. The fraction of sp³-hybridized carbons (Fsp3) is 0.667. The van der Waals surface area contributed by atoms with E-state index in [0.717, 1.165) is 19.3 Å². The van der Waals surface area contributed by atoms with E-state index in [1.807, 2.05) is 0 Å². The molecule has 1 saturated carbocycles. The molecular weight excluding hydrogens is 259 g/mol. The van der Waals surface area contributed by atoms with Gasteiger partial charge in [0.15, 0.2) is 5.82 Å². The first kappa shape index (κ1) is 13.1. The van der Waals surface area contributed by atoms with E-state index < -0.39 is 5.60 Å². The maximum atomic E-state index is 5.93. The van der Waals surface area contributed by atoms with Crippen molar-refractivity contribution >= 4 is 23.2 Å². The Labute approximate surface area is 112 Å². The molecule has 2 rings (SSSR count). The summed E-state index contributed by atoms with van der Waals surface area (Å²) < 4.78 is 5.70. The van der Waals surface area contributed by atoms with Crippen LogP contribution in [0.25, 0.3) is 0 Å². The topological polar surface area (TPSA) is 35.0 Å². The zero-order valence-electron chi connectivity index (χ0n) is 10.0. The fourth-order valence-corrected chi connectivity index (χ4v) is 3.00. The van der Waals surface area contributed by atoms with Crippen LogP contribution in [0, 0.1) is 5.92 Å². The molecule has 1 aliphatic rings. The molecule has 1 heterocycles. The van der Waals surface area contributed by atoms with Crippen molar-refractivity contribution in [3.8, 4) is 0 Å². The van der Waals surface area contributed by atoms with E-state index in [0.29, 0.717) is 22.0 Å². The van der Waals surface area contributed by atoms with Crippen molar-refractivity contribution in [2.24, 2.45) is 5.92 Å². The molecule has 0 aromatic carbocycles. The molecule has 0 amide bonds. The molecule has 0 saturated heterocycles. The van der Waals surface area contributed by atoms with E-state index in [4.69, 9.17) is 27.9 Å². The third-order valence-corrected chi connectivity index (χ3v) is 3.80. The Kier molecular flexibility index (Phi) is 3.91. The van der Waals surface area contributed by atoms with Crippen LogP contribution in [0.2, 0.25) is 10.3 Å². The van der Waals surface area contributed by atoms with Gasteiger partial charge in [-0.05, 0) is 25.2 Å². The molecule has 3 nitrogen and oxygen atoms in total. The lowest BCUT2D eigenvalue weighted by Crippen LogP contribution is -2.36. The zero-order valence-corrected chi connectivity index (χ0v) is 11.6. The van der Waals surface area contributed by atoms with Gasteiger partial charge in [-0.3, -0.25) is 0 Å². The molecule has 94 valence electrons. The Hall–Kier alpha value is -0.380. The van der Waals surface area contributed by atoms with Crippen molar-refractivity contribution in [2.75, 3.05) is 7.11 Å². The second-order valence-electron chi connectivity index (χ2n) is 4.74. The SMILES string of the molecule is COC1(c2nc(Cl)cc(Cl)n2)CCCC(C)C1. The monoisotopic (exact) mass is 274 g/mol. The highest BCUT2D eigenvalue weighted by Crippen LogP contribution is 2.41. The Bertz CT molecular complexity index is 393. The van der Waals surface area contributed by atoms with Crippen LogP contribution in [-0.2, 0) is 10.3 Å². The van der Waals surface area contributed by atoms with Gasteiger partial charge in [0, 0.05) is 13.2 Å². The van der Waals surface area contributed by atoms with Crippen LogP contribution in [0.1, 0.15) is 38.4 Å². The standard InChI is InChI=1S/C12H16Cl2N2O/c1-8-4-3-5-12(7-8,17-2)11-15-9(13)6-10(14)16-11/h6,8H,3-5,7H2,1-2H3. The number of methoxy groups -OCH3 is 1. The molecule has 2 atom stereocenters. The fourth-order valence-electron chi connectivity index (χ4n) is 2.58. The van der Waals surface area contributed by atoms with Crippen molar-refractivity contribution in [1.82, 2.24) is 9.97 Å². The van der Waals surface area contributed by atoms with Crippen LogP contribution < -0.4 is 0 Å². The van der Waals surface area contributed by atoms with Gasteiger partial charge in [-0.25, -0.2) is 9.97 Å². The summed E-state index contributed by atoms with van der Waals surface area (Å²) in [6.45, 7) is 2.22. The minimum atomic E-state index is -0.424. The number of hydrogen-bond acceptors (Lipinski definition) is 3. The Morgan fingerprint density at radius 3 is 2.53 bits per heavy atom. The van der Waals surface area contributed by atoms with E-state index >= 15 is 0 Å². The molecule has 1 aromatic heterocycles. The highest BCUT2D eigenvalue weighted by molar-refractivity contribution is 6.33. The van der Waals surface area contributed by atoms with Crippen molar-refractivity contribution in [2.45, 2.75) is 38.2 Å². The van der Waals surface area contributed by atoms with Gasteiger partial charge in [0.25, 0.3) is 0 Å². The summed E-state index contributed by atoms with van der Waals surface area (Å²) in [6, 6.07) is 1.54. The van der Waals surface area contributed by atoms with Gasteiger partial charge in [-0.1, -0.05) is 36.5 Å². The summed E-state index contributed by atoms with van der Waals surface area (Å²) >= 11 is 11.9. The van der Waals surface area contributed by atoms with E-state index in [1.54, 1.807) is 13.2 Å². The number of rotatable bonds is 2. The molecule has 17 heavy (non-hydrogen) atoms. The summed E-state index contributed by atoms with van der Waals surface area (Å²) in [6.07, 6.45) is 4.17. The molecule has 0 N–H and O–H groups in total. The van der Waals surface area contributed by atoms with E-state index in [9.17, 15) is 0 Å². The smallest absolute Gasteiger partial charge is 0.163 e. The highest BCUT2D eigenvalue weighted by atomic mass is 35.5. The van der Waals surface area contributed by atoms with E-state index in [1.165, 1.54) is 6.42 Å². The summed E-state index contributed by atoms with van der Waals surface area (Å²) in [5.74, 6) is 1.22. The minimum Gasteiger partial charge on any atom is -0.370 e.